The van der Waals surface area contributed by atoms with Gasteiger partial charge in [0.2, 0.25) is 0 Å². The predicted molar refractivity (Wildman–Crippen MR) is 155 cm³/mol. The Kier molecular flexibility index (Phi) is 6.70. The van der Waals surface area contributed by atoms with Gasteiger partial charge in [-0.15, -0.1) is 0 Å². The highest BCUT2D eigenvalue weighted by Crippen LogP contribution is 2.71. The van der Waals surface area contributed by atoms with Gasteiger partial charge < -0.3 is 19.0 Å². The van der Waals surface area contributed by atoms with Gasteiger partial charge in [-0.2, -0.15) is 0 Å². The van der Waals surface area contributed by atoms with Crippen molar-refractivity contribution in [2.24, 2.45) is 52.3 Å². The molecule has 6 aliphatic rings. The smallest absolute Gasteiger partial charge is 0.192 e. The van der Waals surface area contributed by atoms with Crippen molar-refractivity contribution in [1.29, 1.82) is 0 Å². The first kappa shape index (κ1) is 28.2. The van der Waals surface area contributed by atoms with Crippen LogP contribution >= 0.6 is 0 Å². The normalized spacial score (nSPS) is 54.8. The van der Waals surface area contributed by atoms with Gasteiger partial charge in [0.15, 0.2) is 14.1 Å². The summed E-state index contributed by atoms with van der Waals surface area (Å²) in [6.07, 6.45) is 11.1. The number of hydrogen-bond donors (Lipinski definition) is 1. The van der Waals surface area contributed by atoms with Crippen molar-refractivity contribution in [2.75, 3.05) is 6.61 Å². The molecule has 13 atom stereocenters. The standard InChI is InChI=1S/C33H58O4Si/c1-20-12-15-33(35-19-20)21(2)29-27(36-33)17-26-24-11-10-22-16-23(37-38(8,9)30(3,4)5)13-14-31(22,6)25(24)18-28(34)32(26,29)7/h20-29,34H,10-19H2,1-9H3/t20-,21+,22+,23+,24-,25+,26+,27+,28-,29+,31+,32-,33-/m1/s1. The summed E-state index contributed by atoms with van der Waals surface area (Å²) in [6, 6.07) is 0. The van der Waals surface area contributed by atoms with Gasteiger partial charge in [0.05, 0.1) is 18.8 Å². The SMILES string of the molecule is C[C@@H]1CC[C@@]2(OC1)O[C@H]1C[C@H]3[C@@H]4CC[C@H]5C[C@@H](O[Si](C)(C)C(C)(C)C)CC[C@]5(C)[C@H]4C[C@@H](O)[C@]3(C)[C@H]1[C@@H]2C. The Balaban J connectivity index is 1.20. The van der Waals surface area contributed by atoms with Gasteiger partial charge in [0.1, 0.15) is 0 Å². The highest BCUT2D eigenvalue weighted by molar-refractivity contribution is 6.74. The molecule has 1 N–H and O–H groups in total. The first-order valence-electron chi connectivity index (χ1n) is 16.3. The molecule has 0 bridgehead atoms. The number of aliphatic hydroxyl groups is 1. The van der Waals surface area contributed by atoms with E-state index in [-0.39, 0.29) is 22.7 Å². The topological polar surface area (TPSA) is 47.9 Å². The highest BCUT2D eigenvalue weighted by Gasteiger charge is 2.71. The number of hydrogen-bond acceptors (Lipinski definition) is 4. The van der Waals surface area contributed by atoms with Gasteiger partial charge in [-0.25, -0.2) is 0 Å². The van der Waals surface area contributed by atoms with E-state index in [1.165, 1.54) is 38.5 Å². The zero-order chi connectivity index (χ0) is 27.5. The predicted octanol–water partition coefficient (Wildman–Crippen LogP) is 7.79. The highest BCUT2D eigenvalue weighted by atomic mass is 28.4. The van der Waals surface area contributed by atoms with Crippen LogP contribution in [0.3, 0.4) is 0 Å². The Morgan fingerprint density at radius 2 is 1.66 bits per heavy atom. The Morgan fingerprint density at radius 3 is 2.32 bits per heavy atom. The molecule has 2 saturated heterocycles. The molecule has 0 aromatic rings. The minimum Gasteiger partial charge on any atom is -0.414 e. The molecule has 0 aromatic heterocycles. The molecule has 38 heavy (non-hydrogen) atoms. The average molecular weight is 547 g/mol. The molecular formula is C33H58O4Si. The maximum absolute atomic E-state index is 12.1. The maximum Gasteiger partial charge on any atom is 0.192 e. The molecule has 6 rings (SSSR count). The molecule has 4 nitrogen and oxygen atoms in total. The lowest BCUT2D eigenvalue weighted by Gasteiger charge is -2.63. The number of fused-ring (bicyclic) bond motifs is 7. The van der Waals surface area contributed by atoms with E-state index >= 15 is 0 Å². The molecule has 5 heteroatoms. The summed E-state index contributed by atoms with van der Waals surface area (Å²) in [5.41, 5.74) is 0.291. The summed E-state index contributed by atoms with van der Waals surface area (Å²) < 4.78 is 20.4. The molecule has 0 radical (unpaired) electrons. The van der Waals surface area contributed by atoms with Crippen LogP contribution in [0.5, 0.6) is 0 Å². The van der Waals surface area contributed by atoms with Crippen molar-refractivity contribution >= 4 is 8.32 Å². The van der Waals surface area contributed by atoms with Gasteiger partial charge in [0.25, 0.3) is 0 Å². The molecule has 0 amide bonds. The van der Waals surface area contributed by atoms with Crippen molar-refractivity contribution in [3.63, 3.8) is 0 Å². The number of ether oxygens (including phenoxy) is 2. The van der Waals surface area contributed by atoms with E-state index in [1.807, 2.05) is 0 Å². The van der Waals surface area contributed by atoms with Crippen LogP contribution in [-0.4, -0.2) is 44.1 Å². The van der Waals surface area contributed by atoms with Gasteiger partial charge in [-0.3, -0.25) is 0 Å². The summed E-state index contributed by atoms with van der Waals surface area (Å²) in [5.74, 6) is 3.67. The molecule has 218 valence electrons. The fourth-order valence-corrected chi connectivity index (χ4v) is 12.3. The van der Waals surface area contributed by atoms with Crippen LogP contribution in [0.4, 0.5) is 0 Å². The van der Waals surface area contributed by atoms with E-state index < -0.39 is 14.1 Å². The van der Waals surface area contributed by atoms with Crippen LogP contribution in [-0.2, 0) is 13.9 Å². The molecule has 4 aliphatic carbocycles. The zero-order valence-corrected chi connectivity index (χ0v) is 27.0. The van der Waals surface area contributed by atoms with Crippen LogP contribution in [0, 0.1) is 52.3 Å². The maximum atomic E-state index is 12.1. The van der Waals surface area contributed by atoms with E-state index in [9.17, 15) is 5.11 Å². The first-order chi connectivity index (χ1) is 17.6. The second-order valence-corrected chi connectivity index (χ2v) is 21.8. The number of aliphatic hydroxyl groups excluding tert-OH is 1. The van der Waals surface area contributed by atoms with Crippen molar-refractivity contribution in [2.45, 2.75) is 148 Å². The Labute approximate surface area is 234 Å². The van der Waals surface area contributed by atoms with Crippen LogP contribution in [0.25, 0.3) is 0 Å². The summed E-state index contributed by atoms with van der Waals surface area (Å²) in [6.45, 7) is 22.5. The third kappa shape index (κ3) is 3.94. The monoisotopic (exact) mass is 546 g/mol. The zero-order valence-electron chi connectivity index (χ0n) is 26.0. The lowest BCUT2D eigenvalue weighted by Crippen LogP contribution is -2.60. The van der Waals surface area contributed by atoms with E-state index in [0.717, 1.165) is 37.7 Å². The van der Waals surface area contributed by atoms with E-state index in [2.05, 4.69) is 61.6 Å². The van der Waals surface area contributed by atoms with Crippen molar-refractivity contribution < 1.29 is 19.0 Å². The summed E-state index contributed by atoms with van der Waals surface area (Å²) >= 11 is 0. The molecule has 0 aromatic carbocycles. The van der Waals surface area contributed by atoms with E-state index in [1.54, 1.807) is 0 Å². The molecule has 6 fully saturated rings. The minimum absolute atomic E-state index is 0.0486. The minimum atomic E-state index is -1.75. The van der Waals surface area contributed by atoms with E-state index in [4.69, 9.17) is 13.9 Å². The van der Waals surface area contributed by atoms with Crippen LogP contribution in [0.2, 0.25) is 18.1 Å². The largest absolute Gasteiger partial charge is 0.414 e. The fourth-order valence-electron chi connectivity index (χ4n) is 10.9. The van der Waals surface area contributed by atoms with Gasteiger partial charge in [-0.05, 0) is 105 Å². The summed E-state index contributed by atoms with van der Waals surface area (Å²) in [4.78, 5) is 0. The summed E-state index contributed by atoms with van der Waals surface area (Å²) in [5, 5.41) is 12.3. The summed E-state index contributed by atoms with van der Waals surface area (Å²) in [7, 11) is -1.75. The molecule has 2 heterocycles. The van der Waals surface area contributed by atoms with Crippen LogP contribution < -0.4 is 0 Å². The molecule has 1 spiro atoms. The van der Waals surface area contributed by atoms with Crippen LogP contribution in [0.1, 0.15) is 106 Å². The lowest BCUT2D eigenvalue weighted by atomic mass is 9.43. The third-order valence-electron chi connectivity index (χ3n) is 14.3. The van der Waals surface area contributed by atoms with Gasteiger partial charge in [-0.1, -0.05) is 48.5 Å². The van der Waals surface area contributed by atoms with Gasteiger partial charge >= 0.3 is 0 Å². The second-order valence-electron chi connectivity index (χ2n) is 17.0. The van der Waals surface area contributed by atoms with Crippen LogP contribution in [0.15, 0.2) is 0 Å². The Bertz CT molecular complexity index is 905. The Morgan fingerprint density at radius 1 is 0.921 bits per heavy atom. The quantitative estimate of drug-likeness (QED) is 0.359. The van der Waals surface area contributed by atoms with Gasteiger partial charge in [0, 0.05) is 29.8 Å². The fraction of sp³-hybridized carbons (Fsp3) is 1.00. The molecule has 4 saturated carbocycles. The second kappa shape index (κ2) is 9.03. The molecule has 0 unspecified atom stereocenters. The number of rotatable bonds is 2. The van der Waals surface area contributed by atoms with Crippen molar-refractivity contribution in [3.8, 4) is 0 Å². The Hall–Kier alpha value is 0.0569. The molecule has 2 aliphatic heterocycles. The van der Waals surface area contributed by atoms with E-state index in [0.29, 0.717) is 41.1 Å². The average Bonchev–Trinajstić information content (AvgIpc) is 3.27. The third-order valence-corrected chi connectivity index (χ3v) is 18.8. The van der Waals surface area contributed by atoms with Crippen molar-refractivity contribution in [1.82, 2.24) is 0 Å². The molecular weight excluding hydrogens is 488 g/mol. The first-order valence-corrected chi connectivity index (χ1v) is 19.2. The lowest BCUT2D eigenvalue weighted by molar-refractivity contribution is -0.274. The van der Waals surface area contributed by atoms with Crippen molar-refractivity contribution in [3.05, 3.63) is 0 Å².